The summed E-state index contributed by atoms with van der Waals surface area (Å²) >= 11 is 7.29. The number of hydrogen-bond acceptors (Lipinski definition) is 4. The Morgan fingerprint density at radius 2 is 1.86 bits per heavy atom. The van der Waals surface area contributed by atoms with Crippen molar-refractivity contribution in [1.82, 2.24) is 0 Å². The summed E-state index contributed by atoms with van der Waals surface area (Å²) < 4.78 is 0. The highest BCUT2D eigenvalue weighted by atomic mass is 35.5. The SMILES string of the molecule is C=C(Nc1csc(-c2ccc(Cl)cc2)c1C(=O)O)C1CC(=O)c2ccccc2C1. The zero-order chi connectivity index (χ0) is 20.5. The fourth-order valence-corrected chi connectivity index (χ4v) is 4.76. The van der Waals surface area contributed by atoms with Gasteiger partial charge in [0.1, 0.15) is 5.56 Å². The molecule has 0 spiro atoms. The van der Waals surface area contributed by atoms with Crippen molar-refractivity contribution in [3.8, 4) is 10.4 Å². The largest absolute Gasteiger partial charge is 0.478 e. The molecule has 0 fully saturated rings. The molecule has 1 heterocycles. The van der Waals surface area contributed by atoms with Crippen molar-refractivity contribution in [3.05, 3.63) is 87.9 Å². The summed E-state index contributed by atoms with van der Waals surface area (Å²) in [7, 11) is 0. The van der Waals surface area contributed by atoms with E-state index in [9.17, 15) is 14.7 Å². The zero-order valence-corrected chi connectivity index (χ0v) is 17.0. The average molecular weight is 424 g/mol. The van der Waals surface area contributed by atoms with Crippen molar-refractivity contribution < 1.29 is 14.7 Å². The number of carboxylic acids is 1. The lowest BCUT2D eigenvalue weighted by molar-refractivity contribution is 0.0699. The van der Waals surface area contributed by atoms with Crippen molar-refractivity contribution >= 4 is 40.4 Å². The van der Waals surface area contributed by atoms with Gasteiger partial charge in [-0.15, -0.1) is 11.3 Å². The predicted octanol–water partition coefficient (Wildman–Crippen LogP) is 6.14. The molecule has 4 rings (SSSR count). The molecule has 4 nitrogen and oxygen atoms in total. The second kappa shape index (κ2) is 7.85. The van der Waals surface area contributed by atoms with Crippen LogP contribution in [0.25, 0.3) is 10.4 Å². The number of halogens is 1. The van der Waals surface area contributed by atoms with E-state index in [2.05, 4.69) is 11.9 Å². The van der Waals surface area contributed by atoms with Crippen molar-refractivity contribution in [2.45, 2.75) is 12.8 Å². The molecular formula is C23H18ClNO3S. The van der Waals surface area contributed by atoms with E-state index in [1.807, 2.05) is 24.3 Å². The first kappa shape index (κ1) is 19.4. The summed E-state index contributed by atoms with van der Waals surface area (Å²) in [6, 6.07) is 14.7. The Bertz CT molecular complexity index is 1120. The number of hydrogen-bond donors (Lipinski definition) is 2. The second-order valence-corrected chi connectivity index (χ2v) is 8.32. The van der Waals surface area contributed by atoms with E-state index in [0.717, 1.165) is 16.7 Å². The summed E-state index contributed by atoms with van der Waals surface area (Å²) in [5.41, 5.74) is 3.89. The number of thiophene rings is 1. The van der Waals surface area contributed by atoms with Crippen LogP contribution in [0, 0.1) is 5.92 Å². The van der Waals surface area contributed by atoms with Gasteiger partial charge in [-0.3, -0.25) is 4.79 Å². The smallest absolute Gasteiger partial charge is 0.339 e. The van der Waals surface area contributed by atoms with E-state index >= 15 is 0 Å². The zero-order valence-electron chi connectivity index (χ0n) is 15.4. The van der Waals surface area contributed by atoms with Crippen molar-refractivity contribution in [2.75, 3.05) is 5.32 Å². The molecule has 6 heteroatoms. The third kappa shape index (κ3) is 3.84. The van der Waals surface area contributed by atoms with Crippen LogP contribution in [0.15, 0.2) is 66.2 Å². The molecule has 0 radical (unpaired) electrons. The van der Waals surface area contributed by atoms with Gasteiger partial charge in [0.05, 0.1) is 10.6 Å². The first-order valence-corrected chi connectivity index (χ1v) is 10.4. The van der Waals surface area contributed by atoms with Gasteiger partial charge >= 0.3 is 5.97 Å². The highest BCUT2D eigenvalue weighted by molar-refractivity contribution is 7.14. The van der Waals surface area contributed by atoms with E-state index < -0.39 is 5.97 Å². The molecule has 1 unspecified atom stereocenters. The molecule has 29 heavy (non-hydrogen) atoms. The normalized spacial score (nSPS) is 15.6. The van der Waals surface area contributed by atoms with Crippen molar-refractivity contribution in [1.29, 1.82) is 0 Å². The van der Waals surface area contributed by atoms with Crippen LogP contribution in [0.2, 0.25) is 5.02 Å². The first-order valence-electron chi connectivity index (χ1n) is 9.11. The number of carbonyl (C=O) groups is 2. The lowest BCUT2D eigenvalue weighted by Crippen LogP contribution is -2.24. The summed E-state index contributed by atoms with van der Waals surface area (Å²) in [6.45, 7) is 4.11. The van der Waals surface area contributed by atoms with E-state index in [1.165, 1.54) is 11.3 Å². The molecule has 1 aliphatic rings. The minimum absolute atomic E-state index is 0.0853. The fraction of sp³-hybridized carbons (Fsp3) is 0.130. The van der Waals surface area contributed by atoms with Crippen LogP contribution in [0.5, 0.6) is 0 Å². The Kier molecular flexibility index (Phi) is 5.26. The van der Waals surface area contributed by atoms with E-state index in [0.29, 0.717) is 34.1 Å². The number of carboxylic acid groups (broad SMARTS) is 1. The number of allylic oxidation sites excluding steroid dienone is 1. The molecule has 1 aliphatic carbocycles. The van der Waals surface area contributed by atoms with Crippen molar-refractivity contribution in [2.24, 2.45) is 5.92 Å². The molecule has 0 saturated carbocycles. The van der Waals surface area contributed by atoms with Crippen LogP contribution in [0.4, 0.5) is 5.69 Å². The predicted molar refractivity (Wildman–Crippen MR) is 117 cm³/mol. The lowest BCUT2D eigenvalue weighted by atomic mass is 9.81. The number of aromatic carboxylic acids is 1. The second-order valence-electron chi connectivity index (χ2n) is 7.00. The minimum atomic E-state index is -1.02. The number of rotatable bonds is 5. The molecule has 0 saturated heterocycles. The van der Waals surface area contributed by atoms with Crippen LogP contribution in [-0.4, -0.2) is 16.9 Å². The number of nitrogens with one attached hydrogen (secondary N) is 1. The fourth-order valence-electron chi connectivity index (χ4n) is 3.64. The van der Waals surface area contributed by atoms with Gasteiger partial charge in [-0.1, -0.05) is 54.6 Å². The topological polar surface area (TPSA) is 66.4 Å². The van der Waals surface area contributed by atoms with E-state index in [1.54, 1.807) is 29.6 Å². The van der Waals surface area contributed by atoms with Gasteiger partial charge in [0.2, 0.25) is 0 Å². The highest BCUT2D eigenvalue weighted by Gasteiger charge is 2.28. The molecule has 2 N–H and O–H groups in total. The van der Waals surface area contributed by atoms with E-state index in [-0.39, 0.29) is 17.3 Å². The number of carbonyl (C=O) groups excluding carboxylic acids is 1. The quantitative estimate of drug-likeness (QED) is 0.517. The van der Waals surface area contributed by atoms with Gasteiger partial charge < -0.3 is 10.4 Å². The highest BCUT2D eigenvalue weighted by Crippen LogP contribution is 2.38. The Labute approximate surface area is 177 Å². The van der Waals surface area contributed by atoms with Crippen LogP contribution in [0.1, 0.15) is 32.7 Å². The summed E-state index contributed by atoms with van der Waals surface area (Å²) in [4.78, 5) is 25.1. The Morgan fingerprint density at radius 3 is 2.59 bits per heavy atom. The van der Waals surface area contributed by atoms with Crippen LogP contribution in [0.3, 0.4) is 0 Å². The summed E-state index contributed by atoms with van der Waals surface area (Å²) in [5.74, 6) is -1.01. The number of ketones is 1. The Morgan fingerprint density at radius 1 is 1.14 bits per heavy atom. The van der Waals surface area contributed by atoms with Crippen LogP contribution < -0.4 is 5.32 Å². The van der Waals surface area contributed by atoms with E-state index in [4.69, 9.17) is 11.6 Å². The number of fused-ring (bicyclic) bond motifs is 1. The molecule has 0 bridgehead atoms. The monoisotopic (exact) mass is 423 g/mol. The number of anilines is 1. The molecule has 146 valence electrons. The molecule has 1 aromatic heterocycles. The maximum Gasteiger partial charge on any atom is 0.339 e. The maximum absolute atomic E-state index is 12.5. The average Bonchev–Trinajstić information content (AvgIpc) is 3.12. The molecule has 0 aliphatic heterocycles. The molecule has 1 atom stereocenters. The van der Waals surface area contributed by atoms with Gasteiger partial charge in [-0.05, 0) is 29.7 Å². The Hall–Kier alpha value is -2.89. The van der Waals surface area contributed by atoms with Crippen molar-refractivity contribution in [3.63, 3.8) is 0 Å². The minimum Gasteiger partial charge on any atom is -0.478 e. The third-order valence-corrected chi connectivity index (χ3v) is 6.40. The number of Topliss-reactive ketones (excluding diaryl/α,β-unsaturated/α-hetero) is 1. The molecular weight excluding hydrogens is 406 g/mol. The first-order chi connectivity index (χ1) is 13.9. The third-order valence-electron chi connectivity index (χ3n) is 5.12. The van der Waals surface area contributed by atoms with Gasteiger partial charge in [-0.25, -0.2) is 4.79 Å². The standard InChI is InChI=1S/C23H18ClNO3S/c1-13(16-10-15-4-2-3-5-18(15)20(26)11-16)25-19-12-29-22(21(19)23(27)28)14-6-8-17(24)9-7-14/h2-9,12,16,25H,1,10-11H2,(H,27,28). The van der Waals surface area contributed by atoms with Gasteiger partial charge in [0.25, 0.3) is 0 Å². The number of benzene rings is 2. The summed E-state index contributed by atoms with van der Waals surface area (Å²) in [5, 5.41) is 15.3. The lowest BCUT2D eigenvalue weighted by Gasteiger charge is -2.26. The van der Waals surface area contributed by atoms with Gasteiger partial charge in [-0.2, -0.15) is 0 Å². The van der Waals surface area contributed by atoms with Crippen LogP contribution >= 0.6 is 22.9 Å². The maximum atomic E-state index is 12.5. The van der Waals surface area contributed by atoms with Crippen LogP contribution in [-0.2, 0) is 6.42 Å². The Balaban J connectivity index is 1.60. The molecule has 3 aromatic rings. The summed E-state index contributed by atoms with van der Waals surface area (Å²) in [6.07, 6.45) is 1.06. The molecule has 2 aromatic carbocycles. The van der Waals surface area contributed by atoms with Gasteiger partial charge in [0, 0.05) is 34.0 Å². The van der Waals surface area contributed by atoms with Gasteiger partial charge in [0.15, 0.2) is 5.78 Å². The molecule has 0 amide bonds.